The molecule has 15 nitrogen and oxygen atoms in total. The smallest absolute Gasteiger partial charge is 0.416 e. The van der Waals surface area contributed by atoms with Crippen molar-refractivity contribution in [3.63, 3.8) is 0 Å². The van der Waals surface area contributed by atoms with Crippen LogP contribution in [-0.4, -0.2) is 86.3 Å². The molecule has 4 N–H and O–H groups in total. The van der Waals surface area contributed by atoms with E-state index in [-0.39, 0.29) is 52.8 Å². The fourth-order valence-corrected chi connectivity index (χ4v) is 7.37. The Balaban J connectivity index is 1.55. The van der Waals surface area contributed by atoms with E-state index in [1.165, 1.54) is 37.1 Å². The van der Waals surface area contributed by atoms with Crippen molar-refractivity contribution < 1.29 is 47.7 Å². The van der Waals surface area contributed by atoms with Crippen LogP contribution in [0.25, 0.3) is 0 Å². The number of hydrogen-bond donors (Lipinski definition) is 4. The molecule has 0 radical (unpaired) electrons. The SMILES string of the molecule is C=CCOC(=O)N[C@H](C(=O)N[C@@H](C)C(=O)Nc1ccc(COC(=O)N2c3cc(O)c(OC)cc3C(=O)N3C=C(/C=C/C)CC3C2O[Si](C)(C)C(C)(C)C)cc1)C(C)C. The minimum absolute atomic E-state index is 0.0169. The van der Waals surface area contributed by atoms with Crippen LogP contribution in [-0.2, 0) is 30.1 Å². The van der Waals surface area contributed by atoms with Crippen molar-refractivity contribution in [3.05, 3.63) is 84.1 Å². The number of nitrogens with one attached hydrogen (secondary N) is 3. The molecule has 2 aliphatic heterocycles. The summed E-state index contributed by atoms with van der Waals surface area (Å²) in [4.78, 5) is 69.6. The minimum Gasteiger partial charge on any atom is -0.504 e. The third-order valence-electron chi connectivity index (χ3n) is 10.4. The molecule has 2 heterocycles. The van der Waals surface area contributed by atoms with Gasteiger partial charge >= 0.3 is 12.2 Å². The zero-order chi connectivity index (χ0) is 43.1. The van der Waals surface area contributed by atoms with Crippen LogP contribution in [0.3, 0.4) is 0 Å². The van der Waals surface area contributed by atoms with Crippen LogP contribution in [0.4, 0.5) is 21.0 Å². The Hall–Kier alpha value is -5.61. The summed E-state index contributed by atoms with van der Waals surface area (Å²) in [7, 11) is -1.24. The maximum absolute atomic E-state index is 14.4. The number of benzene rings is 2. The van der Waals surface area contributed by atoms with Crippen LogP contribution in [0.15, 0.2) is 73.0 Å². The predicted molar refractivity (Wildman–Crippen MR) is 223 cm³/mol. The number of carbonyl (C=O) groups excluding carboxylic acids is 5. The summed E-state index contributed by atoms with van der Waals surface area (Å²) < 4.78 is 23.2. The molecule has 0 bridgehead atoms. The summed E-state index contributed by atoms with van der Waals surface area (Å²) in [6.45, 7) is 20.6. The van der Waals surface area contributed by atoms with Crippen molar-refractivity contribution in [2.24, 2.45) is 5.92 Å². The Morgan fingerprint density at radius 1 is 1.03 bits per heavy atom. The molecule has 314 valence electrons. The summed E-state index contributed by atoms with van der Waals surface area (Å²) in [5, 5.41) is 18.6. The number of fused-ring (bicyclic) bond motifs is 2. The van der Waals surface area contributed by atoms with Gasteiger partial charge in [-0.15, -0.1) is 0 Å². The number of allylic oxidation sites excluding steroid dienone is 2. The fraction of sp³-hybridized carbons (Fsp3) is 0.452. The molecule has 58 heavy (non-hydrogen) atoms. The highest BCUT2D eigenvalue weighted by atomic mass is 28.4. The van der Waals surface area contributed by atoms with Crippen molar-refractivity contribution >= 4 is 49.6 Å². The van der Waals surface area contributed by atoms with Gasteiger partial charge in [0.25, 0.3) is 5.91 Å². The number of methoxy groups -OCH3 is 1. The molecule has 0 saturated carbocycles. The van der Waals surface area contributed by atoms with E-state index >= 15 is 0 Å². The topological polar surface area (TPSA) is 185 Å². The zero-order valence-electron chi connectivity index (χ0n) is 35.0. The second kappa shape index (κ2) is 18.8. The summed E-state index contributed by atoms with van der Waals surface area (Å²) in [6.07, 6.45) is 4.83. The number of aromatic hydroxyl groups is 1. The van der Waals surface area contributed by atoms with Gasteiger partial charge in [0.05, 0.1) is 24.4 Å². The Morgan fingerprint density at radius 3 is 2.29 bits per heavy atom. The third kappa shape index (κ3) is 10.5. The summed E-state index contributed by atoms with van der Waals surface area (Å²) in [5.41, 5.74) is 2.14. The van der Waals surface area contributed by atoms with Gasteiger partial charge in [-0.3, -0.25) is 14.4 Å². The minimum atomic E-state index is -2.62. The van der Waals surface area contributed by atoms with Crippen molar-refractivity contribution in [2.45, 2.75) is 104 Å². The number of amides is 5. The highest BCUT2D eigenvalue weighted by Crippen LogP contribution is 2.45. The maximum Gasteiger partial charge on any atom is 0.416 e. The fourth-order valence-electron chi connectivity index (χ4n) is 6.15. The van der Waals surface area contributed by atoms with Gasteiger partial charge in [-0.1, -0.05) is 71.6 Å². The Morgan fingerprint density at radius 2 is 1.71 bits per heavy atom. The molecular formula is C42H57N5O10Si. The number of hydrogen-bond acceptors (Lipinski definition) is 10. The number of phenolic OH excluding ortho intramolecular Hbond substituents is 1. The maximum atomic E-state index is 14.4. The first-order valence-electron chi connectivity index (χ1n) is 19.2. The van der Waals surface area contributed by atoms with E-state index < -0.39 is 56.7 Å². The van der Waals surface area contributed by atoms with Crippen LogP contribution < -0.4 is 25.6 Å². The Kier molecular flexibility index (Phi) is 14.6. The van der Waals surface area contributed by atoms with Crippen LogP contribution >= 0.6 is 0 Å². The number of nitrogens with zero attached hydrogens (tertiary/aromatic N) is 2. The lowest BCUT2D eigenvalue weighted by atomic mass is 10.0. The molecule has 0 saturated heterocycles. The van der Waals surface area contributed by atoms with Crippen LogP contribution in [0.1, 0.15) is 70.8 Å². The number of alkyl carbamates (subject to hydrolysis) is 1. The molecule has 2 aliphatic rings. The quantitative estimate of drug-likeness (QED) is 0.115. The van der Waals surface area contributed by atoms with E-state index in [1.807, 2.05) is 19.1 Å². The zero-order valence-corrected chi connectivity index (χ0v) is 36.0. The number of anilines is 2. The number of ether oxygens (including phenoxy) is 3. The number of carbonyl (C=O) groups is 5. The van der Waals surface area contributed by atoms with Gasteiger partial charge < -0.3 is 44.6 Å². The lowest BCUT2D eigenvalue weighted by Crippen LogP contribution is -2.57. The number of rotatable bonds is 14. The molecule has 5 amide bonds. The number of phenols is 1. The second-order valence-corrected chi connectivity index (χ2v) is 20.8. The van der Waals surface area contributed by atoms with Crippen LogP contribution in [0.5, 0.6) is 11.5 Å². The molecule has 0 aliphatic carbocycles. The Bertz CT molecular complexity index is 1940. The highest BCUT2D eigenvalue weighted by molar-refractivity contribution is 6.74. The molecule has 0 spiro atoms. The average molecular weight is 820 g/mol. The van der Waals surface area contributed by atoms with Gasteiger partial charge in [0, 0.05) is 18.0 Å². The van der Waals surface area contributed by atoms with Crippen molar-refractivity contribution in [1.29, 1.82) is 0 Å². The first-order chi connectivity index (χ1) is 27.2. The molecule has 2 unspecified atom stereocenters. The van der Waals surface area contributed by atoms with Crippen molar-refractivity contribution in [2.75, 3.05) is 23.9 Å². The average Bonchev–Trinajstić information content (AvgIpc) is 3.55. The lowest BCUT2D eigenvalue weighted by Gasteiger charge is -2.44. The van der Waals surface area contributed by atoms with Gasteiger partial charge in [-0.2, -0.15) is 0 Å². The summed E-state index contributed by atoms with van der Waals surface area (Å²) in [5.74, 6) is -1.93. The Labute approximate surface area is 341 Å². The van der Waals surface area contributed by atoms with E-state index in [4.69, 9.17) is 18.6 Å². The lowest BCUT2D eigenvalue weighted by molar-refractivity contribution is -0.128. The van der Waals surface area contributed by atoms with Crippen molar-refractivity contribution in [1.82, 2.24) is 15.5 Å². The molecular weight excluding hydrogens is 763 g/mol. The van der Waals surface area contributed by atoms with E-state index in [0.717, 1.165) is 5.57 Å². The van der Waals surface area contributed by atoms with Crippen LogP contribution in [0, 0.1) is 5.92 Å². The van der Waals surface area contributed by atoms with Crippen molar-refractivity contribution in [3.8, 4) is 11.5 Å². The first kappa shape index (κ1) is 45.1. The van der Waals surface area contributed by atoms with Gasteiger partial charge in [-0.25, -0.2) is 14.5 Å². The molecule has 2 aromatic carbocycles. The predicted octanol–water partition coefficient (Wildman–Crippen LogP) is 6.96. The monoisotopic (exact) mass is 819 g/mol. The first-order valence-corrected chi connectivity index (χ1v) is 22.1. The van der Waals surface area contributed by atoms with Gasteiger partial charge in [0.2, 0.25) is 11.8 Å². The van der Waals surface area contributed by atoms with E-state index in [1.54, 1.807) is 49.2 Å². The van der Waals surface area contributed by atoms with Gasteiger partial charge in [0.1, 0.15) is 25.3 Å². The molecule has 4 atom stereocenters. The molecule has 2 aromatic rings. The third-order valence-corrected chi connectivity index (χ3v) is 14.8. The largest absolute Gasteiger partial charge is 0.504 e. The normalized spacial score (nSPS) is 17.7. The van der Waals surface area contributed by atoms with E-state index in [0.29, 0.717) is 17.7 Å². The van der Waals surface area contributed by atoms with Crippen LogP contribution in [0.2, 0.25) is 18.1 Å². The molecule has 0 fully saturated rings. The summed E-state index contributed by atoms with van der Waals surface area (Å²) >= 11 is 0. The van der Waals surface area contributed by atoms with Gasteiger partial charge in [-0.05, 0) is 73.7 Å². The highest BCUT2D eigenvalue weighted by Gasteiger charge is 2.50. The van der Waals surface area contributed by atoms with E-state index in [2.05, 4.69) is 56.4 Å². The molecule has 4 rings (SSSR count). The standard InChI is InChI=1S/C42H57N5O10Si/c1-12-14-28-20-32-39(57-58(10,11)42(6,7)8)47(31-22-33(48)34(54-9)21-30(31)38(51)46(32)23-28)41(53)56-24-27-15-17-29(18-16-27)44-36(49)26(5)43-37(50)35(25(3)4)45-40(52)55-19-13-2/h12-18,21-23,25-26,32,35,39,48H,2,19-20,24H2,1,3-11H3,(H,43,50)(H,44,49)(H,45,52)/b14-12+/t26-,32?,35-,39?/m0/s1. The van der Waals surface area contributed by atoms with Gasteiger partial charge in [0.15, 0.2) is 26.0 Å². The molecule has 16 heteroatoms. The van der Waals surface area contributed by atoms with E-state index in [9.17, 15) is 29.1 Å². The summed E-state index contributed by atoms with van der Waals surface area (Å²) in [6, 6.07) is 6.84. The second-order valence-electron chi connectivity index (χ2n) is 16.1. The molecule has 0 aromatic heterocycles.